The van der Waals surface area contributed by atoms with Crippen molar-refractivity contribution in [3.05, 3.63) is 51.3 Å². The molecule has 0 unspecified atom stereocenters. The average Bonchev–Trinajstić information content (AvgIpc) is 2.91. The molecular formula is C19H21ClN2O5. The van der Waals surface area contributed by atoms with Gasteiger partial charge in [-0.3, -0.25) is 4.79 Å². The first-order valence-electron chi connectivity index (χ1n) is 8.34. The number of hydrogen-bond acceptors (Lipinski definition) is 5. The van der Waals surface area contributed by atoms with Gasteiger partial charge < -0.3 is 19.8 Å². The van der Waals surface area contributed by atoms with Gasteiger partial charge in [-0.05, 0) is 51.0 Å². The van der Waals surface area contributed by atoms with Crippen LogP contribution >= 0.6 is 11.6 Å². The minimum absolute atomic E-state index is 0.113. The van der Waals surface area contributed by atoms with Crippen molar-refractivity contribution in [1.29, 1.82) is 0 Å². The van der Waals surface area contributed by atoms with Crippen molar-refractivity contribution in [3.8, 4) is 0 Å². The largest absolute Gasteiger partial charge is 0.462 e. The Hall–Kier alpha value is -2.80. The van der Waals surface area contributed by atoms with Gasteiger partial charge in [0.2, 0.25) is 0 Å². The number of aromatic amines is 1. The van der Waals surface area contributed by atoms with Crippen LogP contribution in [0, 0.1) is 20.8 Å². The summed E-state index contributed by atoms with van der Waals surface area (Å²) in [7, 11) is 0. The highest BCUT2D eigenvalue weighted by atomic mass is 35.5. The molecule has 0 spiro atoms. The molecular weight excluding hydrogens is 372 g/mol. The van der Waals surface area contributed by atoms with Gasteiger partial charge in [-0.2, -0.15) is 0 Å². The van der Waals surface area contributed by atoms with Crippen LogP contribution in [0.3, 0.4) is 0 Å². The topological polar surface area (TPSA) is 97.5 Å². The van der Waals surface area contributed by atoms with Crippen molar-refractivity contribution in [3.63, 3.8) is 0 Å². The number of carbonyl (C=O) groups excluding carboxylic acids is 3. The molecule has 1 aromatic heterocycles. The van der Waals surface area contributed by atoms with E-state index >= 15 is 0 Å². The summed E-state index contributed by atoms with van der Waals surface area (Å²) in [5, 5.41) is 3.16. The van der Waals surface area contributed by atoms with Gasteiger partial charge in [-0.15, -0.1) is 0 Å². The maximum atomic E-state index is 12.3. The van der Waals surface area contributed by atoms with Crippen LogP contribution < -0.4 is 5.32 Å². The molecule has 1 heterocycles. The minimum atomic E-state index is -0.732. The molecule has 8 heteroatoms. The highest BCUT2D eigenvalue weighted by molar-refractivity contribution is 6.31. The Balaban J connectivity index is 2.03. The zero-order chi connectivity index (χ0) is 20.1. The Labute approximate surface area is 162 Å². The van der Waals surface area contributed by atoms with Gasteiger partial charge in [-0.25, -0.2) is 9.59 Å². The Morgan fingerprint density at radius 1 is 1.07 bits per heavy atom. The summed E-state index contributed by atoms with van der Waals surface area (Å²) in [6.45, 7) is 6.49. The lowest BCUT2D eigenvalue weighted by Crippen LogP contribution is -2.21. The van der Waals surface area contributed by atoms with Crippen molar-refractivity contribution in [2.24, 2.45) is 0 Å². The molecule has 1 amide bonds. The van der Waals surface area contributed by atoms with Gasteiger partial charge in [0, 0.05) is 16.4 Å². The van der Waals surface area contributed by atoms with Gasteiger partial charge >= 0.3 is 11.9 Å². The molecule has 0 aliphatic heterocycles. The number of halogens is 1. The van der Waals surface area contributed by atoms with E-state index in [0.29, 0.717) is 33.1 Å². The summed E-state index contributed by atoms with van der Waals surface area (Å²) < 4.78 is 10.0. The standard InChI is InChI=1S/C19H21ClN2O5/c1-5-26-18(24)16-11(3)17(21-12(16)4)19(25)27-9-15(23)22-14-8-6-7-13(20)10(14)2/h6-8,21H,5,9H2,1-4H3,(H,22,23). The second-order valence-corrected chi connectivity index (χ2v) is 6.29. The monoisotopic (exact) mass is 392 g/mol. The number of amides is 1. The lowest BCUT2D eigenvalue weighted by atomic mass is 10.1. The van der Waals surface area contributed by atoms with Gasteiger partial charge in [0.25, 0.3) is 5.91 Å². The molecule has 0 saturated carbocycles. The van der Waals surface area contributed by atoms with Gasteiger partial charge in [0.05, 0.1) is 12.2 Å². The van der Waals surface area contributed by atoms with Crippen molar-refractivity contribution in [1.82, 2.24) is 4.98 Å². The third-order valence-electron chi connectivity index (χ3n) is 4.00. The second kappa shape index (κ2) is 8.73. The summed E-state index contributed by atoms with van der Waals surface area (Å²) in [6.07, 6.45) is 0. The molecule has 1 aromatic carbocycles. The van der Waals surface area contributed by atoms with Crippen LogP contribution in [0.4, 0.5) is 5.69 Å². The number of nitrogens with one attached hydrogen (secondary N) is 2. The maximum absolute atomic E-state index is 12.3. The lowest BCUT2D eigenvalue weighted by Gasteiger charge is -2.10. The van der Waals surface area contributed by atoms with Crippen LogP contribution in [-0.2, 0) is 14.3 Å². The zero-order valence-corrected chi connectivity index (χ0v) is 16.3. The number of H-pyrrole nitrogens is 1. The number of rotatable bonds is 6. The fraction of sp³-hybridized carbons (Fsp3) is 0.316. The van der Waals surface area contributed by atoms with E-state index in [4.69, 9.17) is 21.1 Å². The van der Waals surface area contributed by atoms with E-state index in [2.05, 4.69) is 10.3 Å². The lowest BCUT2D eigenvalue weighted by molar-refractivity contribution is -0.119. The number of aromatic nitrogens is 1. The summed E-state index contributed by atoms with van der Waals surface area (Å²) in [6, 6.07) is 5.12. The van der Waals surface area contributed by atoms with E-state index in [0.717, 1.165) is 0 Å². The molecule has 0 aliphatic rings. The average molecular weight is 393 g/mol. The van der Waals surface area contributed by atoms with E-state index < -0.39 is 24.5 Å². The fourth-order valence-corrected chi connectivity index (χ4v) is 2.77. The number of aryl methyl sites for hydroxylation is 1. The van der Waals surface area contributed by atoms with E-state index in [9.17, 15) is 14.4 Å². The van der Waals surface area contributed by atoms with Crippen LogP contribution in [0.2, 0.25) is 5.02 Å². The Morgan fingerprint density at radius 3 is 2.44 bits per heavy atom. The predicted molar refractivity (Wildman–Crippen MR) is 101 cm³/mol. The number of carbonyl (C=O) groups is 3. The van der Waals surface area contributed by atoms with Crippen molar-refractivity contribution in [2.45, 2.75) is 27.7 Å². The highest BCUT2D eigenvalue weighted by Gasteiger charge is 2.24. The molecule has 2 rings (SSSR count). The summed E-state index contributed by atoms with van der Waals surface area (Å²) in [5.41, 5.74) is 2.58. The quantitative estimate of drug-likeness (QED) is 0.732. The molecule has 144 valence electrons. The summed E-state index contributed by atoms with van der Waals surface area (Å²) in [4.78, 5) is 39.1. The Morgan fingerprint density at radius 2 is 1.78 bits per heavy atom. The summed E-state index contributed by atoms with van der Waals surface area (Å²) >= 11 is 6.01. The first-order valence-corrected chi connectivity index (χ1v) is 8.72. The minimum Gasteiger partial charge on any atom is -0.462 e. The fourth-order valence-electron chi connectivity index (χ4n) is 2.60. The number of benzene rings is 1. The summed E-state index contributed by atoms with van der Waals surface area (Å²) in [5.74, 6) is -1.75. The highest BCUT2D eigenvalue weighted by Crippen LogP contribution is 2.23. The molecule has 0 saturated heterocycles. The molecule has 0 radical (unpaired) electrons. The van der Waals surface area contributed by atoms with Gasteiger partial charge in [0.1, 0.15) is 5.69 Å². The molecule has 2 aromatic rings. The van der Waals surface area contributed by atoms with Crippen LogP contribution in [0.5, 0.6) is 0 Å². The van der Waals surface area contributed by atoms with Crippen LogP contribution in [0.15, 0.2) is 18.2 Å². The number of hydrogen-bond donors (Lipinski definition) is 2. The maximum Gasteiger partial charge on any atom is 0.355 e. The van der Waals surface area contributed by atoms with Crippen molar-refractivity contribution in [2.75, 3.05) is 18.5 Å². The molecule has 0 aliphatic carbocycles. The first kappa shape index (κ1) is 20.5. The normalized spacial score (nSPS) is 10.4. The van der Waals surface area contributed by atoms with E-state index in [-0.39, 0.29) is 12.3 Å². The number of ether oxygens (including phenoxy) is 2. The van der Waals surface area contributed by atoms with Gasteiger partial charge in [0.15, 0.2) is 6.61 Å². The zero-order valence-electron chi connectivity index (χ0n) is 15.6. The first-order chi connectivity index (χ1) is 12.8. The van der Waals surface area contributed by atoms with E-state index in [1.165, 1.54) is 0 Å². The number of esters is 2. The SMILES string of the molecule is CCOC(=O)c1c(C)[nH]c(C(=O)OCC(=O)Nc2cccc(Cl)c2C)c1C. The number of anilines is 1. The smallest absolute Gasteiger partial charge is 0.355 e. The molecule has 0 fully saturated rings. The molecule has 2 N–H and O–H groups in total. The predicted octanol–water partition coefficient (Wildman–Crippen LogP) is 3.57. The van der Waals surface area contributed by atoms with Crippen molar-refractivity contribution >= 4 is 35.1 Å². The van der Waals surface area contributed by atoms with Crippen LogP contribution in [-0.4, -0.2) is 36.0 Å². The third-order valence-corrected chi connectivity index (χ3v) is 4.41. The Kier molecular flexibility index (Phi) is 6.63. The molecule has 0 bridgehead atoms. The van der Waals surface area contributed by atoms with E-state index in [1.807, 2.05) is 0 Å². The molecule has 7 nitrogen and oxygen atoms in total. The van der Waals surface area contributed by atoms with E-state index in [1.54, 1.807) is 45.9 Å². The molecule has 27 heavy (non-hydrogen) atoms. The third kappa shape index (κ3) is 4.68. The second-order valence-electron chi connectivity index (χ2n) is 5.88. The van der Waals surface area contributed by atoms with Crippen molar-refractivity contribution < 1.29 is 23.9 Å². The van der Waals surface area contributed by atoms with Gasteiger partial charge in [-0.1, -0.05) is 17.7 Å². The van der Waals surface area contributed by atoms with Crippen LogP contribution in [0.25, 0.3) is 0 Å². The molecule has 0 atom stereocenters. The van der Waals surface area contributed by atoms with Crippen LogP contribution in [0.1, 0.15) is 44.6 Å². The Bertz CT molecular complexity index is 888.